The normalized spacial score (nSPS) is 11.7. The van der Waals surface area contributed by atoms with Gasteiger partial charge in [-0.15, -0.1) is 0 Å². The van der Waals surface area contributed by atoms with E-state index >= 15 is 0 Å². The summed E-state index contributed by atoms with van der Waals surface area (Å²) in [6.07, 6.45) is 1.54. The SMILES string of the molecule is CC(Nc1nccc(C(=O)Nc2ccc(Cl)c(Cl)c2)n1)c1ccccc1. The average molecular weight is 387 g/mol. The molecule has 1 heterocycles. The van der Waals surface area contributed by atoms with Crippen LogP contribution in [0, 0.1) is 0 Å². The fourth-order valence-corrected chi connectivity index (χ4v) is 2.64. The van der Waals surface area contributed by atoms with E-state index in [-0.39, 0.29) is 17.6 Å². The molecule has 26 heavy (non-hydrogen) atoms. The van der Waals surface area contributed by atoms with Gasteiger partial charge in [0, 0.05) is 11.9 Å². The molecule has 7 heteroatoms. The highest BCUT2D eigenvalue weighted by molar-refractivity contribution is 6.42. The molecule has 0 aliphatic rings. The van der Waals surface area contributed by atoms with Gasteiger partial charge in [0.1, 0.15) is 5.69 Å². The zero-order valence-electron chi connectivity index (χ0n) is 13.9. The minimum absolute atomic E-state index is 0.00424. The third-order valence-electron chi connectivity index (χ3n) is 3.71. The number of rotatable bonds is 5. The summed E-state index contributed by atoms with van der Waals surface area (Å²) in [6.45, 7) is 2.00. The summed E-state index contributed by atoms with van der Waals surface area (Å²) in [6, 6.07) is 16.3. The highest BCUT2D eigenvalue weighted by atomic mass is 35.5. The molecule has 1 unspecified atom stereocenters. The number of hydrogen-bond acceptors (Lipinski definition) is 4. The van der Waals surface area contributed by atoms with Crippen molar-refractivity contribution in [2.45, 2.75) is 13.0 Å². The van der Waals surface area contributed by atoms with Crippen molar-refractivity contribution < 1.29 is 4.79 Å². The number of amides is 1. The van der Waals surface area contributed by atoms with Gasteiger partial charge in [-0.1, -0.05) is 53.5 Å². The minimum Gasteiger partial charge on any atom is -0.348 e. The number of anilines is 2. The Bertz CT molecular complexity index is 918. The van der Waals surface area contributed by atoms with Crippen LogP contribution in [0.15, 0.2) is 60.8 Å². The van der Waals surface area contributed by atoms with Gasteiger partial charge in [-0.25, -0.2) is 9.97 Å². The Balaban J connectivity index is 1.72. The molecule has 3 rings (SSSR count). The second-order valence-corrected chi connectivity index (χ2v) is 6.44. The molecular formula is C19H16Cl2N4O. The zero-order chi connectivity index (χ0) is 18.5. The molecule has 0 spiro atoms. The van der Waals surface area contributed by atoms with E-state index in [0.717, 1.165) is 5.56 Å². The number of aromatic nitrogens is 2. The molecular weight excluding hydrogens is 371 g/mol. The molecule has 0 saturated carbocycles. The van der Waals surface area contributed by atoms with E-state index in [0.29, 0.717) is 21.7 Å². The Hall–Kier alpha value is -2.63. The lowest BCUT2D eigenvalue weighted by atomic mass is 10.1. The van der Waals surface area contributed by atoms with Crippen LogP contribution in [0.2, 0.25) is 10.0 Å². The van der Waals surface area contributed by atoms with Gasteiger partial charge in [0.25, 0.3) is 5.91 Å². The molecule has 2 aromatic carbocycles. The maximum absolute atomic E-state index is 12.4. The van der Waals surface area contributed by atoms with E-state index in [1.807, 2.05) is 37.3 Å². The van der Waals surface area contributed by atoms with Crippen LogP contribution in [0.1, 0.15) is 29.0 Å². The topological polar surface area (TPSA) is 66.9 Å². The van der Waals surface area contributed by atoms with E-state index in [2.05, 4.69) is 20.6 Å². The summed E-state index contributed by atoms with van der Waals surface area (Å²) in [7, 11) is 0. The molecule has 0 radical (unpaired) electrons. The summed E-state index contributed by atoms with van der Waals surface area (Å²) < 4.78 is 0. The van der Waals surface area contributed by atoms with E-state index in [1.54, 1.807) is 24.3 Å². The van der Waals surface area contributed by atoms with Crippen molar-refractivity contribution in [3.8, 4) is 0 Å². The van der Waals surface area contributed by atoms with Gasteiger partial charge >= 0.3 is 0 Å². The minimum atomic E-state index is -0.360. The zero-order valence-corrected chi connectivity index (χ0v) is 15.4. The van der Waals surface area contributed by atoms with Crippen molar-refractivity contribution in [1.82, 2.24) is 9.97 Å². The van der Waals surface area contributed by atoms with Crippen LogP contribution in [-0.4, -0.2) is 15.9 Å². The first kappa shape index (κ1) is 18.2. The smallest absolute Gasteiger partial charge is 0.274 e. The molecule has 1 atom stereocenters. The van der Waals surface area contributed by atoms with Crippen LogP contribution in [0.5, 0.6) is 0 Å². The van der Waals surface area contributed by atoms with Crippen LogP contribution >= 0.6 is 23.2 Å². The fraction of sp³-hybridized carbons (Fsp3) is 0.105. The summed E-state index contributed by atoms with van der Waals surface area (Å²) in [5, 5.41) is 6.72. The number of carbonyl (C=O) groups is 1. The van der Waals surface area contributed by atoms with Gasteiger partial charge in [-0.05, 0) is 36.8 Å². The summed E-state index contributed by atoms with van der Waals surface area (Å²) in [5.74, 6) is 0.0179. The van der Waals surface area contributed by atoms with Crippen LogP contribution in [-0.2, 0) is 0 Å². The number of nitrogens with one attached hydrogen (secondary N) is 2. The van der Waals surface area contributed by atoms with Gasteiger partial charge in [0.2, 0.25) is 5.95 Å². The number of halogens is 2. The predicted molar refractivity (Wildman–Crippen MR) is 105 cm³/mol. The Kier molecular flexibility index (Phi) is 5.71. The Morgan fingerprint density at radius 3 is 2.54 bits per heavy atom. The standard InChI is InChI=1S/C19H16Cl2N4O/c1-12(13-5-3-2-4-6-13)23-19-22-10-9-17(25-19)18(26)24-14-7-8-15(20)16(21)11-14/h2-12H,1H3,(H,24,26)(H,22,23,25). The molecule has 0 aliphatic carbocycles. The van der Waals surface area contributed by atoms with Crippen molar-refractivity contribution in [2.24, 2.45) is 0 Å². The monoisotopic (exact) mass is 386 g/mol. The van der Waals surface area contributed by atoms with E-state index in [1.165, 1.54) is 6.20 Å². The second kappa shape index (κ2) is 8.17. The number of benzene rings is 2. The molecule has 0 bridgehead atoms. The van der Waals surface area contributed by atoms with Crippen LogP contribution in [0.3, 0.4) is 0 Å². The largest absolute Gasteiger partial charge is 0.348 e. The average Bonchev–Trinajstić information content (AvgIpc) is 2.65. The highest BCUT2D eigenvalue weighted by Crippen LogP contribution is 2.25. The van der Waals surface area contributed by atoms with Crippen molar-refractivity contribution in [3.05, 3.63) is 82.1 Å². The van der Waals surface area contributed by atoms with Crippen molar-refractivity contribution in [1.29, 1.82) is 0 Å². The molecule has 5 nitrogen and oxygen atoms in total. The number of nitrogens with zero attached hydrogens (tertiary/aromatic N) is 2. The first-order valence-electron chi connectivity index (χ1n) is 7.94. The Morgan fingerprint density at radius 1 is 1.04 bits per heavy atom. The molecule has 1 aromatic heterocycles. The van der Waals surface area contributed by atoms with E-state index in [9.17, 15) is 4.79 Å². The first-order chi connectivity index (χ1) is 12.5. The second-order valence-electron chi connectivity index (χ2n) is 5.63. The van der Waals surface area contributed by atoms with Gasteiger partial charge in [-0.2, -0.15) is 0 Å². The lowest BCUT2D eigenvalue weighted by molar-refractivity contribution is 0.102. The van der Waals surface area contributed by atoms with Gasteiger partial charge < -0.3 is 10.6 Å². The molecule has 0 saturated heterocycles. The van der Waals surface area contributed by atoms with Crippen LogP contribution in [0.4, 0.5) is 11.6 Å². The lowest BCUT2D eigenvalue weighted by Gasteiger charge is -2.14. The molecule has 132 valence electrons. The first-order valence-corrected chi connectivity index (χ1v) is 8.69. The predicted octanol–water partition coefficient (Wildman–Crippen LogP) is 5.21. The molecule has 0 aliphatic heterocycles. The summed E-state index contributed by atoms with van der Waals surface area (Å²) in [5.41, 5.74) is 1.88. The third-order valence-corrected chi connectivity index (χ3v) is 4.45. The van der Waals surface area contributed by atoms with Crippen LogP contribution < -0.4 is 10.6 Å². The Morgan fingerprint density at radius 2 is 1.81 bits per heavy atom. The van der Waals surface area contributed by atoms with E-state index in [4.69, 9.17) is 23.2 Å². The molecule has 3 aromatic rings. The number of carbonyl (C=O) groups excluding carboxylic acids is 1. The third kappa shape index (κ3) is 4.50. The summed E-state index contributed by atoms with van der Waals surface area (Å²) in [4.78, 5) is 20.9. The fourth-order valence-electron chi connectivity index (χ4n) is 2.34. The summed E-state index contributed by atoms with van der Waals surface area (Å²) >= 11 is 11.8. The van der Waals surface area contributed by atoms with Gasteiger partial charge in [0.05, 0.1) is 16.1 Å². The lowest BCUT2D eigenvalue weighted by Crippen LogP contribution is -2.16. The van der Waals surface area contributed by atoms with Gasteiger partial charge in [0.15, 0.2) is 0 Å². The Labute approximate surface area is 161 Å². The van der Waals surface area contributed by atoms with Crippen molar-refractivity contribution in [2.75, 3.05) is 10.6 Å². The maximum atomic E-state index is 12.4. The highest BCUT2D eigenvalue weighted by Gasteiger charge is 2.12. The maximum Gasteiger partial charge on any atom is 0.274 e. The van der Waals surface area contributed by atoms with Crippen molar-refractivity contribution in [3.63, 3.8) is 0 Å². The molecule has 2 N–H and O–H groups in total. The number of hydrogen-bond donors (Lipinski definition) is 2. The van der Waals surface area contributed by atoms with E-state index < -0.39 is 0 Å². The molecule has 1 amide bonds. The van der Waals surface area contributed by atoms with Crippen molar-refractivity contribution >= 4 is 40.7 Å². The quantitative estimate of drug-likeness (QED) is 0.631. The molecule has 0 fully saturated rings. The van der Waals surface area contributed by atoms with Crippen LogP contribution in [0.25, 0.3) is 0 Å². The van der Waals surface area contributed by atoms with Gasteiger partial charge in [-0.3, -0.25) is 4.79 Å².